The van der Waals surface area contributed by atoms with Gasteiger partial charge in [-0.05, 0) is 31.0 Å². The molecule has 0 N–H and O–H groups in total. The van der Waals surface area contributed by atoms with Gasteiger partial charge < -0.3 is 0 Å². The zero-order chi connectivity index (χ0) is 16.2. The van der Waals surface area contributed by atoms with E-state index >= 15 is 0 Å². The lowest BCUT2D eigenvalue weighted by Gasteiger charge is -2.45. The molecule has 2 aromatic carbocycles. The monoisotopic (exact) mass is 322 g/mol. The number of hydrogen-bond donors (Lipinski definition) is 0. The molecule has 2 unspecified atom stereocenters. The number of benzene rings is 2. The van der Waals surface area contributed by atoms with Gasteiger partial charge in [0.15, 0.2) is 5.54 Å². The van der Waals surface area contributed by atoms with Gasteiger partial charge in [-0.15, -0.1) is 0 Å². The van der Waals surface area contributed by atoms with Gasteiger partial charge in [-0.25, -0.2) is 0 Å². The van der Waals surface area contributed by atoms with E-state index < -0.39 is 0 Å². The topological polar surface area (TPSA) is 3.88 Å². The van der Waals surface area contributed by atoms with Gasteiger partial charge in [-0.2, -0.15) is 4.57 Å². The normalized spacial score (nSPS) is 26.1. The molecule has 0 saturated heterocycles. The number of rotatable bonds is 2. The summed E-state index contributed by atoms with van der Waals surface area (Å²) in [5.41, 5.74) is 4.54. The number of hydrogen-bond acceptors (Lipinski definition) is 1. The third-order valence-electron chi connectivity index (χ3n) is 6.35. The molecule has 0 fully saturated rings. The zero-order valence-corrected chi connectivity index (χ0v) is 15.2. The first kappa shape index (κ1) is 14.9. The molecule has 0 amide bonds. The Hall–Kier alpha value is -1.67. The van der Waals surface area contributed by atoms with Crippen molar-refractivity contribution in [2.75, 3.05) is 0 Å². The van der Waals surface area contributed by atoms with Gasteiger partial charge in [0.2, 0.25) is 5.52 Å². The van der Waals surface area contributed by atoms with E-state index in [9.17, 15) is 0 Å². The third-order valence-corrected chi connectivity index (χ3v) is 7.51. The standard InChI is InChI=1S/C21H24NS/c1-5-20(3)16-12-8-7-11-15(16)19-22(21(20,4)6-2)17-13-9-10-14-18(17)23-19/h7-14H,5-6H2,1-4H3/q+1. The van der Waals surface area contributed by atoms with Gasteiger partial charge in [0.25, 0.3) is 5.01 Å². The summed E-state index contributed by atoms with van der Waals surface area (Å²) < 4.78 is 4.02. The second kappa shape index (κ2) is 4.91. The number of nitrogens with zero attached hydrogens (tertiary/aromatic N) is 1. The number of thiazole rings is 1. The van der Waals surface area contributed by atoms with Crippen molar-refractivity contribution in [3.63, 3.8) is 0 Å². The van der Waals surface area contributed by atoms with Crippen LogP contribution in [0.25, 0.3) is 20.8 Å². The maximum atomic E-state index is 2.64. The highest BCUT2D eigenvalue weighted by Gasteiger charge is 2.57. The lowest BCUT2D eigenvalue weighted by molar-refractivity contribution is -0.739. The van der Waals surface area contributed by atoms with Crippen molar-refractivity contribution in [1.29, 1.82) is 0 Å². The van der Waals surface area contributed by atoms with Crippen LogP contribution in [0.4, 0.5) is 0 Å². The van der Waals surface area contributed by atoms with Gasteiger partial charge in [0, 0.05) is 19.4 Å². The highest BCUT2D eigenvalue weighted by Crippen LogP contribution is 2.51. The Morgan fingerprint density at radius 2 is 1.61 bits per heavy atom. The fraction of sp³-hybridized carbons (Fsp3) is 0.381. The van der Waals surface area contributed by atoms with E-state index in [4.69, 9.17) is 0 Å². The Balaban J connectivity index is 2.20. The third kappa shape index (κ3) is 1.70. The summed E-state index contributed by atoms with van der Waals surface area (Å²) >= 11 is 1.93. The van der Waals surface area contributed by atoms with Crippen LogP contribution in [-0.2, 0) is 11.0 Å². The van der Waals surface area contributed by atoms with Crippen molar-refractivity contribution in [3.8, 4) is 10.6 Å². The molecule has 0 aliphatic carbocycles. The Morgan fingerprint density at radius 3 is 2.35 bits per heavy atom. The van der Waals surface area contributed by atoms with Crippen LogP contribution in [0.5, 0.6) is 0 Å². The fourth-order valence-corrected chi connectivity index (χ4v) is 5.76. The predicted molar refractivity (Wildman–Crippen MR) is 99.0 cm³/mol. The Labute approximate surface area is 142 Å². The molecule has 1 aliphatic rings. The molecule has 1 aliphatic heterocycles. The molecule has 3 aromatic rings. The molecule has 1 aromatic heterocycles. The largest absolute Gasteiger partial charge is 0.270 e. The van der Waals surface area contributed by atoms with Crippen LogP contribution in [0.15, 0.2) is 48.5 Å². The number of aromatic nitrogens is 1. The predicted octanol–water partition coefficient (Wildman–Crippen LogP) is 5.66. The van der Waals surface area contributed by atoms with Crippen molar-refractivity contribution in [2.45, 2.75) is 51.5 Å². The molecule has 0 radical (unpaired) electrons. The zero-order valence-electron chi connectivity index (χ0n) is 14.4. The summed E-state index contributed by atoms with van der Waals surface area (Å²) in [4.78, 5) is 0. The second-order valence-electron chi connectivity index (χ2n) is 7.07. The molecule has 0 spiro atoms. The first-order valence-corrected chi connectivity index (χ1v) is 9.42. The molecule has 118 valence electrons. The van der Waals surface area contributed by atoms with Crippen LogP contribution < -0.4 is 4.57 Å². The number of para-hydroxylation sites is 1. The minimum Gasteiger partial charge on any atom is -0.176 e. The maximum Gasteiger partial charge on any atom is 0.270 e. The molecular weight excluding hydrogens is 298 g/mol. The van der Waals surface area contributed by atoms with Crippen molar-refractivity contribution in [3.05, 3.63) is 54.1 Å². The molecule has 2 heteroatoms. The van der Waals surface area contributed by atoms with Gasteiger partial charge in [0.05, 0.1) is 11.0 Å². The van der Waals surface area contributed by atoms with Crippen LogP contribution in [-0.4, -0.2) is 0 Å². The van der Waals surface area contributed by atoms with Gasteiger partial charge in [-0.3, -0.25) is 0 Å². The van der Waals surface area contributed by atoms with Crippen LogP contribution in [0, 0.1) is 0 Å². The van der Waals surface area contributed by atoms with Crippen LogP contribution in [0.3, 0.4) is 0 Å². The van der Waals surface area contributed by atoms with Crippen LogP contribution in [0.1, 0.15) is 46.1 Å². The molecule has 4 rings (SSSR count). The van der Waals surface area contributed by atoms with Crippen molar-refractivity contribution < 1.29 is 4.57 Å². The van der Waals surface area contributed by atoms with Gasteiger partial charge in [-0.1, -0.05) is 55.5 Å². The summed E-state index contributed by atoms with van der Waals surface area (Å²) in [6.45, 7) is 9.59. The van der Waals surface area contributed by atoms with Crippen molar-refractivity contribution in [2.24, 2.45) is 0 Å². The van der Waals surface area contributed by atoms with E-state index in [-0.39, 0.29) is 11.0 Å². The molecule has 0 bridgehead atoms. The lowest BCUT2D eigenvalue weighted by atomic mass is 9.61. The van der Waals surface area contributed by atoms with Crippen LogP contribution in [0.2, 0.25) is 0 Å². The van der Waals surface area contributed by atoms with Gasteiger partial charge in [0.1, 0.15) is 4.70 Å². The molecular formula is C21H24NS+. The summed E-state index contributed by atoms with van der Waals surface area (Å²) in [7, 11) is 0. The Morgan fingerprint density at radius 1 is 0.913 bits per heavy atom. The molecule has 1 nitrogen and oxygen atoms in total. The second-order valence-corrected chi connectivity index (χ2v) is 8.10. The average Bonchev–Trinajstić information content (AvgIpc) is 3.00. The molecule has 2 atom stereocenters. The van der Waals surface area contributed by atoms with E-state index in [2.05, 4.69) is 80.8 Å². The van der Waals surface area contributed by atoms with Crippen LogP contribution >= 0.6 is 11.3 Å². The fourth-order valence-electron chi connectivity index (χ4n) is 4.46. The summed E-state index contributed by atoms with van der Waals surface area (Å²) in [6, 6.07) is 17.9. The maximum absolute atomic E-state index is 2.64. The smallest absolute Gasteiger partial charge is 0.176 e. The van der Waals surface area contributed by atoms with E-state index in [0.717, 1.165) is 12.8 Å². The summed E-state index contributed by atoms with van der Waals surface area (Å²) in [5, 5.41) is 1.41. The minimum atomic E-state index is 0.0883. The first-order chi connectivity index (χ1) is 11.1. The van der Waals surface area contributed by atoms with Crippen molar-refractivity contribution >= 4 is 21.6 Å². The quantitative estimate of drug-likeness (QED) is 0.536. The van der Waals surface area contributed by atoms with E-state index in [1.165, 1.54) is 26.4 Å². The molecule has 23 heavy (non-hydrogen) atoms. The van der Waals surface area contributed by atoms with E-state index in [1.54, 1.807) is 0 Å². The Kier molecular flexibility index (Phi) is 3.18. The van der Waals surface area contributed by atoms with E-state index in [1.807, 2.05) is 11.3 Å². The first-order valence-electron chi connectivity index (χ1n) is 8.61. The van der Waals surface area contributed by atoms with Crippen molar-refractivity contribution in [1.82, 2.24) is 0 Å². The van der Waals surface area contributed by atoms with Gasteiger partial charge >= 0.3 is 0 Å². The highest BCUT2D eigenvalue weighted by atomic mass is 32.1. The lowest BCUT2D eigenvalue weighted by Crippen LogP contribution is -2.66. The SMILES string of the molecule is CCC1(C)c2ccccc2-c2sc3ccccc3[n+]2C1(C)CC. The minimum absolute atomic E-state index is 0.0883. The average molecular weight is 322 g/mol. The summed E-state index contributed by atoms with van der Waals surface area (Å²) in [6.07, 6.45) is 2.27. The molecule has 0 saturated carbocycles. The summed E-state index contributed by atoms with van der Waals surface area (Å²) in [5.74, 6) is 0. The molecule has 2 heterocycles. The van der Waals surface area contributed by atoms with E-state index in [0.29, 0.717) is 0 Å². The Bertz CT molecular complexity index is 894. The number of fused-ring (bicyclic) bond motifs is 5. The highest BCUT2D eigenvalue weighted by molar-refractivity contribution is 7.21.